The second kappa shape index (κ2) is 6.01. The summed E-state index contributed by atoms with van der Waals surface area (Å²) >= 11 is 0. The van der Waals surface area contributed by atoms with Crippen LogP contribution in [-0.4, -0.2) is 36.1 Å². The van der Waals surface area contributed by atoms with Crippen LogP contribution in [0.3, 0.4) is 0 Å². The van der Waals surface area contributed by atoms with E-state index in [1.165, 1.54) is 5.56 Å². The Balaban J connectivity index is 1.97. The molecule has 1 aromatic carbocycles. The fourth-order valence-electron chi connectivity index (χ4n) is 2.37. The number of morpholine rings is 1. The van der Waals surface area contributed by atoms with E-state index in [1.54, 1.807) is 0 Å². The van der Waals surface area contributed by atoms with Crippen LogP contribution in [0.2, 0.25) is 0 Å². The predicted octanol–water partition coefficient (Wildman–Crippen LogP) is 2.26. The third kappa shape index (κ3) is 3.10. The van der Waals surface area contributed by atoms with Crippen LogP contribution in [-0.2, 0) is 16.0 Å². The maximum Gasteiger partial charge on any atom is 0.222 e. The standard InChI is InChI=1S/C15H21NO2/c1-3-15(17)16-10-14(18-11-12(16)2)9-13-7-5-4-6-8-13/h4-8,12,14H,3,9-11H2,1-2H3. The molecule has 1 aliphatic rings. The molecule has 1 aromatic rings. The van der Waals surface area contributed by atoms with Gasteiger partial charge in [0.05, 0.1) is 18.8 Å². The highest BCUT2D eigenvalue weighted by atomic mass is 16.5. The van der Waals surface area contributed by atoms with E-state index in [1.807, 2.05) is 36.9 Å². The topological polar surface area (TPSA) is 29.5 Å². The Morgan fingerprint density at radius 3 is 2.78 bits per heavy atom. The molecule has 2 rings (SSSR count). The van der Waals surface area contributed by atoms with E-state index in [9.17, 15) is 4.79 Å². The van der Waals surface area contributed by atoms with E-state index in [0.717, 1.165) is 6.42 Å². The number of hydrogen-bond acceptors (Lipinski definition) is 2. The number of benzene rings is 1. The van der Waals surface area contributed by atoms with Gasteiger partial charge in [-0.25, -0.2) is 0 Å². The van der Waals surface area contributed by atoms with Crippen LogP contribution in [0.25, 0.3) is 0 Å². The Morgan fingerprint density at radius 1 is 1.39 bits per heavy atom. The monoisotopic (exact) mass is 247 g/mol. The van der Waals surface area contributed by atoms with Crippen LogP contribution in [0.4, 0.5) is 0 Å². The minimum absolute atomic E-state index is 0.124. The van der Waals surface area contributed by atoms with Crippen LogP contribution < -0.4 is 0 Å². The lowest BCUT2D eigenvalue weighted by molar-refractivity contribution is -0.143. The quantitative estimate of drug-likeness (QED) is 0.820. The molecule has 0 N–H and O–H groups in total. The summed E-state index contributed by atoms with van der Waals surface area (Å²) in [4.78, 5) is 13.8. The SMILES string of the molecule is CCC(=O)N1CC(Cc2ccccc2)OCC1C. The van der Waals surface area contributed by atoms with Crippen molar-refractivity contribution in [3.8, 4) is 0 Å². The van der Waals surface area contributed by atoms with Crippen LogP contribution in [0.5, 0.6) is 0 Å². The molecule has 1 amide bonds. The Morgan fingerprint density at radius 2 is 2.11 bits per heavy atom. The predicted molar refractivity (Wildman–Crippen MR) is 71.4 cm³/mol. The number of ether oxygens (including phenoxy) is 1. The first-order valence-electron chi connectivity index (χ1n) is 6.65. The van der Waals surface area contributed by atoms with Gasteiger partial charge in [-0.05, 0) is 12.5 Å². The molecule has 1 fully saturated rings. The molecule has 1 heterocycles. The fourth-order valence-corrected chi connectivity index (χ4v) is 2.37. The zero-order valence-corrected chi connectivity index (χ0v) is 11.1. The lowest BCUT2D eigenvalue weighted by Gasteiger charge is -2.38. The lowest BCUT2D eigenvalue weighted by atomic mass is 10.1. The summed E-state index contributed by atoms with van der Waals surface area (Å²) < 4.78 is 5.83. The van der Waals surface area contributed by atoms with Gasteiger partial charge >= 0.3 is 0 Å². The first-order chi connectivity index (χ1) is 8.70. The normalized spacial score (nSPS) is 24.0. The number of nitrogens with zero attached hydrogens (tertiary/aromatic N) is 1. The molecule has 3 nitrogen and oxygen atoms in total. The van der Waals surface area contributed by atoms with Gasteiger partial charge in [-0.2, -0.15) is 0 Å². The minimum atomic E-state index is 0.124. The smallest absolute Gasteiger partial charge is 0.222 e. The van der Waals surface area contributed by atoms with E-state index in [-0.39, 0.29) is 18.1 Å². The van der Waals surface area contributed by atoms with E-state index in [2.05, 4.69) is 12.1 Å². The molecule has 2 atom stereocenters. The average Bonchev–Trinajstić information content (AvgIpc) is 2.41. The molecule has 2 unspecified atom stereocenters. The molecule has 0 aromatic heterocycles. The number of amides is 1. The molecule has 1 aliphatic heterocycles. The molecule has 3 heteroatoms. The summed E-state index contributed by atoms with van der Waals surface area (Å²) in [7, 11) is 0. The van der Waals surface area contributed by atoms with Gasteiger partial charge in [0, 0.05) is 19.4 Å². The van der Waals surface area contributed by atoms with Crippen LogP contribution in [0.1, 0.15) is 25.8 Å². The maximum atomic E-state index is 11.8. The molecule has 0 saturated carbocycles. The molecule has 0 bridgehead atoms. The zero-order valence-electron chi connectivity index (χ0n) is 11.1. The lowest BCUT2D eigenvalue weighted by Crippen LogP contribution is -2.51. The second-order valence-electron chi connectivity index (χ2n) is 4.89. The molecular formula is C15H21NO2. The van der Waals surface area contributed by atoms with Gasteiger partial charge in [-0.3, -0.25) is 4.79 Å². The zero-order chi connectivity index (χ0) is 13.0. The number of rotatable bonds is 3. The summed E-state index contributed by atoms with van der Waals surface area (Å²) in [6.45, 7) is 5.31. The van der Waals surface area contributed by atoms with Gasteiger partial charge in [0.1, 0.15) is 0 Å². The summed E-state index contributed by atoms with van der Waals surface area (Å²) in [6, 6.07) is 10.5. The number of carbonyl (C=O) groups is 1. The summed E-state index contributed by atoms with van der Waals surface area (Å²) in [5.74, 6) is 0.226. The van der Waals surface area contributed by atoms with Gasteiger partial charge in [0.2, 0.25) is 5.91 Å². The third-order valence-corrected chi connectivity index (χ3v) is 3.43. The van der Waals surface area contributed by atoms with Gasteiger partial charge in [0.15, 0.2) is 0 Å². The van der Waals surface area contributed by atoms with Crippen molar-refractivity contribution in [2.24, 2.45) is 0 Å². The van der Waals surface area contributed by atoms with Crippen molar-refractivity contribution in [2.45, 2.75) is 38.8 Å². The van der Waals surface area contributed by atoms with Gasteiger partial charge in [-0.1, -0.05) is 37.3 Å². The van der Waals surface area contributed by atoms with Crippen LogP contribution in [0, 0.1) is 0 Å². The summed E-state index contributed by atoms with van der Waals surface area (Å²) in [5.41, 5.74) is 1.26. The highest BCUT2D eigenvalue weighted by Crippen LogP contribution is 2.16. The van der Waals surface area contributed by atoms with E-state index >= 15 is 0 Å². The molecule has 0 spiro atoms. The van der Waals surface area contributed by atoms with Crippen molar-refractivity contribution in [1.82, 2.24) is 4.90 Å². The van der Waals surface area contributed by atoms with Gasteiger partial charge in [0.25, 0.3) is 0 Å². The fraction of sp³-hybridized carbons (Fsp3) is 0.533. The number of hydrogen-bond donors (Lipinski definition) is 0. The van der Waals surface area contributed by atoms with E-state index < -0.39 is 0 Å². The first-order valence-corrected chi connectivity index (χ1v) is 6.65. The Labute approximate surface area is 109 Å². The van der Waals surface area contributed by atoms with Crippen molar-refractivity contribution < 1.29 is 9.53 Å². The molecule has 1 saturated heterocycles. The summed E-state index contributed by atoms with van der Waals surface area (Å²) in [6.07, 6.45) is 1.57. The van der Waals surface area contributed by atoms with Crippen molar-refractivity contribution >= 4 is 5.91 Å². The van der Waals surface area contributed by atoms with Gasteiger partial charge in [-0.15, -0.1) is 0 Å². The first kappa shape index (κ1) is 13.1. The minimum Gasteiger partial charge on any atom is -0.374 e. The largest absolute Gasteiger partial charge is 0.374 e. The molecule has 0 radical (unpaired) electrons. The Hall–Kier alpha value is -1.35. The molecule has 0 aliphatic carbocycles. The van der Waals surface area contributed by atoms with E-state index in [4.69, 9.17) is 4.74 Å². The Bertz CT molecular complexity index is 391. The van der Waals surface area contributed by atoms with Crippen molar-refractivity contribution in [3.05, 3.63) is 35.9 Å². The maximum absolute atomic E-state index is 11.8. The molecule has 18 heavy (non-hydrogen) atoms. The third-order valence-electron chi connectivity index (χ3n) is 3.43. The van der Waals surface area contributed by atoms with Gasteiger partial charge < -0.3 is 9.64 Å². The highest BCUT2D eigenvalue weighted by molar-refractivity contribution is 5.76. The van der Waals surface area contributed by atoms with Crippen LogP contribution >= 0.6 is 0 Å². The van der Waals surface area contributed by atoms with Crippen LogP contribution in [0.15, 0.2) is 30.3 Å². The summed E-state index contributed by atoms with van der Waals surface area (Å²) in [5, 5.41) is 0. The highest BCUT2D eigenvalue weighted by Gasteiger charge is 2.28. The molecule has 98 valence electrons. The molecular weight excluding hydrogens is 226 g/mol. The average molecular weight is 247 g/mol. The Kier molecular flexibility index (Phi) is 4.37. The van der Waals surface area contributed by atoms with Crippen molar-refractivity contribution in [3.63, 3.8) is 0 Å². The van der Waals surface area contributed by atoms with Crippen molar-refractivity contribution in [1.29, 1.82) is 0 Å². The number of carbonyl (C=O) groups excluding carboxylic acids is 1. The second-order valence-corrected chi connectivity index (χ2v) is 4.89. The van der Waals surface area contributed by atoms with Crippen molar-refractivity contribution in [2.75, 3.05) is 13.2 Å². The van der Waals surface area contributed by atoms with E-state index in [0.29, 0.717) is 19.6 Å².